The summed E-state index contributed by atoms with van der Waals surface area (Å²) in [6.07, 6.45) is 40.1. The number of rotatable bonds is 36. The smallest absolute Gasteiger partial charge is 0.457 e. The fraction of sp³-hybridized carbons (Fsp3) is 0.780. The van der Waals surface area contributed by atoms with Gasteiger partial charge >= 0.3 is 13.8 Å². The Morgan fingerprint density at radius 2 is 1.14 bits per heavy atom. The minimum Gasteiger partial charge on any atom is -0.457 e. The van der Waals surface area contributed by atoms with E-state index in [9.17, 15) is 14.3 Å². The van der Waals surface area contributed by atoms with Gasteiger partial charge in [-0.25, -0.2) is 4.57 Å². The van der Waals surface area contributed by atoms with Gasteiger partial charge in [0.2, 0.25) is 0 Å². The maximum absolute atomic E-state index is 12.6. The summed E-state index contributed by atoms with van der Waals surface area (Å²) in [5, 5.41) is 0. The lowest BCUT2D eigenvalue weighted by molar-refractivity contribution is -0.870. The lowest BCUT2D eigenvalue weighted by Crippen LogP contribution is -2.37. The van der Waals surface area contributed by atoms with E-state index in [2.05, 4.69) is 62.5 Å². The fourth-order valence-electron chi connectivity index (χ4n) is 5.09. The maximum atomic E-state index is 12.6. The molecule has 8 nitrogen and oxygen atoms in total. The summed E-state index contributed by atoms with van der Waals surface area (Å²) in [6.45, 7) is 5.35. The first-order chi connectivity index (χ1) is 24.1. The summed E-state index contributed by atoms with van der Waals surface area (Å²) < 4.78 is 34.8. The average molecular weight is 727 g/mol. The number of hydrogen-bond acceptors (Lipinski definition) is 6. The van der Waals surface area contributed by atoms with Crippen LogP contribution in [-0.2, 0) is 27.9 Å². The first-order valence-electron chi connectivity index (χ1n) is 19.9. The minimum atomic E-state index is -4.28. The number of nitrogens with zero attached hydrogens (tertiary/aromatic N) is 1. The van der Waals surface area contributed by atoms with E-state index in [0.717, 1.165) is 57.8 Å². The van der Waals surface area contributed by atoms with Crippen LogP contribution in [0.2, 0.25) is 0 Å². The van der Waals surface area contributed by atoms with Crippen molar-refractivity contribution in [1.82, 2.24) is 0 Å². The number of carbonyl (C=O) groups is 1. The molecule has 0 aliphatic heterocycles. The number of hydrogen-bond donors (Lipinski definition) is 1. The zero-order valence-electron chi connectivity index (χ0n) is 32.9. The van der Waals surface area contributed by atoms with Gasteiger partial charge in [-0.1, -0.05) is 146 Å². The van der Waals surface area contributed by atoms with Gasteiger partial charge in [0.15, 0.2) is 0 Å². The van der Waals surface area contributed by atoms with E-state index in [1.54, 1.807) is 0 Å². The van der Waals surface area contributed by atoms with E-state index < -0.39 is 13.9 Å². The van der Waals surface area contributed by atoms with Crippen molar-refractivity contribution in [3.63, 3.8) is 0 Å². The van der Waals surface area contributed by atoms with E-state index >= 15 is 0 Å². The largest absolute Gasteiger partial charge is 0.472 e. The second-order valence-corrected chi connectivity index (χ2v) is 15.7. The van der Waals surface area contributed by atoms with Gasteiger partial charge in [0.05, 0.1) is 34.4 Å². The van der Waals surface area contributed by atoms with Crippen molar-refractivity contribution < 1.29 is 37.3 Å². The van der Waals surface area contributed by atoms with Gasteiger partial charge in [-0.3, -0.25) is 13.8 Å². The molecule has 0 fully saturated rings. The molecule has 1 N–H and O–H groups in total. The van der Waals surface area contributed by atoms with Crippen LogP contribution in [0, 0.1) is 0 Å². The molecule has 0 bridgehead atoms. The molecule has 0 radical (unpaired) electrons. The van der Waals surface area contributed by atoms with E-state index in [-0.39, 0.29) is 25.8 Å². The van der Waals surface area contributed by atoms with Crippen LogP contribution in [0.25, 0.3) is 0 Å². The lowest BCUT2D eigenvalue weighted by atomic mass is 10.0. The Bertz CT molecular complexity index is 942. The molecule has 0 amide bonds. The van der Waals surface area contributed by atoms with E-state index in [0.29, 0.717) is 24.1 Å². The maximum Gasteiger partial charge on any atom is 0.472 e. The van der Waals surface area contributed by atoms with Crippen LogP contribution in [0.5, 0.6) is 0 Å². The van der Waals surface area contributed by atoms with Crippen LogP contribution in [0.4, 0.5) is 0 Å². The number of allylic oxidation sites excluding steroid dienone is 8. The number of esters is 1. The van der Waals surface area contributed by atoms with Crippen molar-refractivity contribution >= 4 is 13.8 Å². The number of unbranched alkanes of at least 4 members (excludes halogenated alkanes) is 14. The Labute approximate surface area is 308 Å². The first kappa shape index (κ1) is 48.5. The summed E-state index contributed by atoms with van der Waals surface area (Å²) >= 11 is 0. The van der Waals surface area contributed by atoms with Crippen LogP contribution in [-0.4, -0.2) is 75.6 Å². The number of phosphoric acid groups is 1. The van der Waals surface area contributed by atoms with Crippen molar-refractivity contribution in [3.05, 3.63) is 48.6 Å². The summed E-state index contributed by atoms with van der Waals surface area (Å²) in [4.78, 5) is 22.8. The number of carbonyl (C=O) groups excluding carboxylic acids is 1. The third-order valence-electron chi connectivity index (χ3n) is 8.15. The Kier molecular flexibility index (Phi) is 33.5. The summed E-state index contributed by atoms with van der Waals surface area (Å²) in [6, 6.07) is 0. The highest BCUT2D eigenvalue weighted by Crippen LogP contribution is 2.43. The van der Waals surface area contributed by atoms with E-state index in [1.807, 2.05) is 21.1 Å². The molecular weight excluding hydrogens is 649 g/mol. The molecule has 2 unspecified atom stereocenters. The van der Waals surface area contributed by atoms with E-state index in [4.69, 9.17) is 18.5 Å². The zero-order chi connectivity index (χ0) is 37.0. The Morgan fingerprint density at radius 1 is 0.640 bits per heavy atom. The van der Waals surface area contributed by atoms with Crippen molar-refractivity contribution in [2.75, 3.05) is 54.1 Å². The third-order valence-corrected chi connectivity index (χ3v) is 9.14. The fourth-order valence-corrected chi connectivity index (χ4v) is 5.83. The van der Waals surface area contributed by atoms with Crippen LogP contribution < -0.4 is 0 Å². The van der Waals surface area contributed by atoms with Gasteiger partial charge in [-0.05, 0) is 44.9 Å². The van der Waals surface area contributed by atoms with Crippen molar-refractivity contribution in [2.24, 2.45) is 0 Å². The number of ether oxygens (including phenoxy) is 2. The van der Waals surface area contributed by atoms with Gasteiger partial charge < -0.3 is 18.9 Å². The van der Waals surface area contributed by atoms with Gasteiger partial charge in [-0.2, -0.15) is 0 Å². The molecule has 0 aromatic rings. The molecule has 50 heavy (non-hydrogen) atoms. The minimum absolute atomic E-state index is 0.0780. The third kappa shape index (κ3) is 37.7. The summed E-state index contributed by atoms with van der Waals surface area (Å²) in [5.74, 6) is -0.334. The predicted octanol–water partition coefficient (Wildman–Crippen LogP) is 11.2. The van der Waals surface area contributed by atoms with Gasteiger partial charge in [0.25, 0.3) is 0 Å². The quantitative estimate of drug-likeness (QED) is 0.0226. The highest BCUT2D eigenvalue weighted by molar-refractivity contribution is 7.47. The summed E-state index contributed by atoms with van der Waals surface area (Å²) in [5.41, 5.74) is 0. The molecule has 0 aromatic heterocycles. The molecule has 0 saturated heterocycles. The Hall–Kier alpha value is -1.54. The number of likely N-dealkylation sites (N-methyl/N-ethyl adjacent to an activating group) is 1. The monoisotopic (exact) mass is 727 g/mol. The molecule has 2 atom stereocenters. The molecule has 0 aromatic carbocycles. The molecule has 0 aliphatic rings. The molecule has 0 rings (SSSR count). The SMILES string of the molecule is CC/C=C\C/C=C\C/C=C\C/C=C\CCCOCC(COP(=O)(O)OCC[N+](C)(C)C)OC(=O)CCCCCCCCCCCCCCCC. The molecule has 9 heteroatoms. The van der Waals surface area contributed by atoms with Gasteiger partial charge in [0, 0.05) is 13.0 Å². The number of phosphoric ester groups is 1. The number of quaternary nitrogens is 1. The van der Waals surface area contributed by atoms with Crippen LogP contribution in [0.15, 0.2) is 48.6 Å². The van der Waals surface area contributed by atoms with Crippen LogP contribution >= 0.6 is 7.82 Å². The topological polar surface area (TPSA) is 91.3 Å². The molecule has 0 saturated carbocycles. The second-order valence-electron chi connectivity index (χ2n) is 14.3. The van der Waals surface area contributed by atoms with Crippen molar-refractivity contribution in [2.45, 2.75) is 155 Å². The Balaban J connectivity index is 4.37. The molecule has 292 valence electrons. The van der Waals surface area contributed by atoms with Crippen molar-refractivity contribution in [1.29, 1.82) is 0 Å². The van der Waals surface area contributed by atoms with E-state index in [1.165, 1.54) is 70.6 Å². The molecule has 0 aliphatic carbocycles. The van der Waals surface area contributed by atoms with Gasteiger partial charge in [-0.15, -0.1) is 0 Å². The lowest BCUT2D eigenvalue weighted by Gasteiger charge is -2.24. The molecule has 0 spiro atoms. The average Bonchev–Trinajstić information content (AvgIpc) is 3.06. The predicted molar refractivity (Wildman–Crippen MR) is 210 cm³/mol. The van der Waals surface area contributed by atoms with Crippen LogP contribution in [0.3, 0.4) is 0 Å². The summed E-state index contributed by atoms with van der Waals surface area (Å²) in [7, 11) is 1.63. The van der Waals surface area contributed by atoms with Crippen LogP contribution in [0.1, 0.15) is 149 Å². The first-order valence-corrected chi connectivity index (χ1v) is 21.4. The highest BCUT2D eigenvalue weighted by Gasteiger charge is 2.26. The zero-order valence-corrected chi connectivity index (χ0v) is 33.8. The molecular formula is C41H77NO7P+. The normalized spacial score (nSPS) is 14.4. The standard InChI is InChI=1S/C41H76NO7P/c1-6-8-10-12-14-16-18-20-22-24-26-28-30-32-34-41(43)49-40(39-48-50(44,45)47-37-35-42(3,4)5)38-46-36-33-31-29-27-25-23-21-19-17-15-13-11-9-7-2/h9,11,15,17,21,23,27,29,40H,6-8,10,12-14,16,18-20,22,24-26,28,30-39H2,1-5H3/p+1/b11-9-,17-15-,23-21-,29-27-. The van der Waals surface area contributed by atoms with Crippen molar-refractivity contribution in [3.8, 4) is 0 Å². The highest BCUT2D eigenvalue weighted by atomic mass is 31.2. The van der Waals surface area contributed by atoms with Gasteiger partial charge in [0.1, 0.15) is 19.3 Å². The second kappa shape index (κ2) is 34.5. The Morgan fingerprint density at radius 3 is 1.66 bits per heavy atom. The molecule has 0 heterocycles.